The van der Waals surface area contributed by atoms with Gasteiger partial charge in [-0.1, -0.05) is 12.1 Å². The van der Waals surface area contributed by atoms with Crippen molar-refractivity contribution in [3.8, 4) is 0 Å². The smallest absolute Gasteiger partial charge is 0.266 e. The molecule has 0 saturated carbocycles. The van der Waals surface area contributed by atoms with Crippen molar-refractivity contribution in [3.05, 3.63) is 29.8 Å². The van der Waals surface area contributed by atoms with Crippen LogP contribution in [0.15, 0.2) is 34.7 Å². The zero-order chi connectivity index (χ0) is 14.2. The molecule has 1 amide bonds. The molecule has 104 valence electrons. The molecular weight excluding hydrogens is 298 g/mol. The molecule has 1 heterocycles. The van der Waals surface area contributed by atoms with E-state index >= 15 is 0 Å². The first-order valence-corrected chi connectivity index (χ1v) is 8.27. The fourth-order valence-corrected chi connectivity index (χ4v) is 3.87. The lowest BCUT2D eigenvalue weighted by atomic mass is 10.2. The Labute approximate surface area is 119 Å². The SMILES string of the molecule is O=C(NS(=O)(=O)c1cccc2nsnc12)C1=CCCC1. The maximum atomic E-state index is 12.3. The first-order chi connectivity index (χ1) is 9.58. The second kappa shape index (κ2) is 4.95. The van der Waals surface area contributed by atoms with Gasteiger partial charge >= 0.3 is 0 Å². The summed E-state index contributed by atoms with van der Waals surface area (Å²) < 4.78 is 34.6. The van der Waals surface area contributed by atoms with Crippen molar-refractivity contribution in [3.63, 3.8) is 0 Å². The van der Waals surface area contributed by atoms with E-state index < -0.39 is 15.9 Å². The zero-order valence-corrected chi connectivity index (χ0v) is 12.0. The molecule has 0 bridgehead atoms. The van der Waals surface area contributed by atoms with Gasteiger partial charge in [-0.05, 0) is 31.4 Å². The molecule has 0 aliphatic heterocycles. The van der Waals surface area contributed by atoms with Gasteiger partial charge in [0.2, 0.25) is 0 Å². The van der Waals surface area contributed by atoms with Crippen molar-refractivity contribution >= 4 is 38.7 Å². The number of hydrogen-bond acceptors (Lipinski definition) is 6. The highest BCUT2D eigenvalue weighted by Crippen LogP contribution is 2.22. The normalized spacial score (nSPS) is 15.3. The first kappa shape index (κ1) is 13.2. The van der Waals surface area contributed by atoms with Gasteiger partial charge in [0.15, 0.2) is 0 Å². The van der Waals surface area contributed by atoms with Crippen LogP contribution in [0.3, 0.4) is 0 Å². The summed E-state index contributed by atoms with van der Waals surface area (Å²) in [6, 6.07) is 4.68. The van der Waals surface area contributed by atoms with Gasteiger partial charge in [-0.3, -0.25) is 4.79 Å². The van der Waals surface area contributed by atoms with Crippen LogP contribution in [-0.2, 0) is 14.8 Å². The van der Waals surface area contributed by atoms with Gasteiger partial charge < -0.3 is 0 Å². The number of nitrogens with one attached hydrogen (secondary N) is 1. The minimum atomic E-state index is -3.93. The van der Waals surface area contributed by atoms with Crippen LogP contribution >= 0.6 is 11.7 Å². The maximum absolute atomic E-state index is 12.3. The van der Waals surface area contributed by atoms with Crippen molar-refractivity contribution in [1.29, 1.82) is 0 Å². The molecule has 1 aromatic heterocycles. The largest absolute Gasteiger partial charge is 0.269 e. The van der Waals surface area contributed by atoms with E-state index in [0.29, 0.717) is 23.0 Å². The molecule has 0 radical (unpaired) electrons. The van der Waals surface area contributed by atoms with Crippen LogP contribution in [0.2, 0.25) is 0 Å². The molecule has 0 spiro atoms. The standard InChI is InChI=1S/C12H11N3O3S2/c16-12(8-4-1-2-5-8)15-20(17,18)10-7-3-6-9-11(10)14-19-13-9/h3-4,6-7H,1-2,5H2,(H,15,16). The molecule has 20 heavy (non-hydrogen) atoms. The van der Waals surface area contributed by atoms with Gasteiger partial charge in [0, 0.05) is 5.57 Å². The predicted octanol–water partition coefficient (Wildman–Crippen LogP) is 1.61. The summed E-state index contributed by atoms with van der Waals surface area (Å²) in [6.07, 6.45) is 4.09. The third-order valence-corrected chi connectivity index (χ3v) is 5.00. The number of nitrogens with zero attached hydrogens (tertiary/aromatic N) is 2. The number of fused-ring (bicyclic) bond motifs is 1. The number of carbonyl (C=O) groups excluding carboxylic acids is 1. The number of benzene rings is 1. The third-order valence-electron chi connectivity index (χ3n) is 3.10. The molecule has 1 aromatic carbocycles. The highest BCUT2D eigenvalue weighted by molar-refractivity contribution is 7.90. The van der Waals surface area contributed by atoms with Crippen LogP contribution in [0.4, 0.5) is 0 Å². The molecule has 0 fully saturated rings. The number of hydrogen-bond donors (Lipinski definition) is 1. The van der Waals surface area contributed by atoms with Gasteiger partial charge in [0.25, 0.3) is 15.9 Å². The topological polar surface area (TPSA) is 89.0 Å². The quantitative estimate of drug-likeness (QED) is 0.930. The Balaban J connectivity index is 1.96. The predicted molar refractivity (Wildman–Crippen MR) is 74.7 cm³/mol. The fraction of sp³-hybridized carbons (Fsp3) is 0.250. The lowest BCUT2D eigenvalue weighted by Crippen LogP contribution is -2.31. The summed E-state index contributed by atoms with van der Waals surface area (Å²) in [7, 11) is -3.93. The zero-order valence-electron chi connectivity index (χ0n) is 10.4. The summed E-state index contributed by atoms with van der Waals surface area (Å²) in [5.74, 6) is -0.553. The van der Waals surface area contributed by atoms with Crippen LogP contribution in [0, 0.1) is 0 Å². The minimum Gasteiger partial charge on any atom is -0.269 e. The fourth-order valence-electron chi connectivity index (χ4n) is 2.12. The van der Waals surface area contributed by atoms with Crippen molar-refractivity contribution in [2.45, 2.75) is 24.2 Å². The van der Waals surface area contributed by atoms with Crippen molar-refractivity contribution in [1.82, 2.24) is 13.5 Å². The first-order valence-electron chi connectivity index (χ1n) is 6.05. The number of sulfonamides is 1. The van der Waals surface area contributed by atoms with Gasteiger partial charge in [-0.15, -0.1) is 0 Å². The summed E-state index contributed by atoms with van der Waals surface area (Å²) >= 11 is 0.939. The van der Waals surface area contributed by atoms with E-state index in [2.05, 4.69) is 13.5 Å². The Morgan fingerprint density at radius 2 is 2.15 bits per heavy atom. The van der Waals surface area contributed by atoms with E-state index in [1.165, 1.54) is 6.07 Å². The molecule has 2 aromatic rings. The minimum absolute atomic E-state index is 0.0179. The average molecular weight is 309 g/mol. The molecule has 6 nitrogen and oxygen atoms in total. The number of carbonyl (C=O) groups is 1. The highest BCUT2D eigenvalue weighted by Gasteiger charge is 2.24. The van der Waals surface area contributed by atoms with E-state index in [-0.39, 0.29) is 4.90 Å². The van der Waals surface area contributed by atoms with E-state index in [4.69, 9.17) is 0 Å². The van der Waals surface area contributed by atoms with Crippen LogP contribution in [-0.4, -0.2) is 23.1 Å². The van der Waals surface area contributed by atoms with E-state index in [9.17, 15) is 13.2 Å². The molecule has 0 atom stereocenters. The Hall–Kier alpha value is -1.80. The molecule has 8 heteroatoms. The second-order valence-electron chi connectivity index (χ2n) is 4.44. The lowest BCUT2D eigenvalue weighted by molar-refractivity contribution is -0.115. The Morgan fingerprint density at radius 3 is 2.90 bits per heavy atom. The molecule has 0 saturated heterocycles. The number of allylic oxidation sites excluding steroid dienone is 1. The second-order valence-corrected chi connectivity index (χ2v) is 6.62. The van der Waals surface area contributed by atoms with Crippen LogP contribution in [0.1, 0.15) is 19.3 Å². The molecular formula is C12H11N3O3S2. The van der Waals surface area contributed by atoms with Crippen LogP contribution in [0.5, 0.6) is 0 Å². The molecule has 1 aliphatic rings. The Bertz CT molecular complexity index is 808. The third kappa shape index (κ3) is 2.32. The van der Waals surface area contributed by atoms with E-state index in [1.54, 1.807) is 18.2 Å². The van der Waals surface area contributed by atoms with Gasteiger partial charge in [-0.2, -0.15) is 8.75 Å². The summed E-state index contributed by atoms with van der Waals surface area (Å²) in [6.45, 7) is 0. The van der Waals surface area contributed by atoms with Crippen LogP contribution in [0.25, 0.3) is 11.0 Å². The van der Waals surface area contributed by atoms with Crippen LogP contribution < -0.4 is 4.72 Å². The summed E-state index contributed by atoms with van der Waals surface area (Å²) in [5.41, 5.74) is 1.32. The van der Waals surface area contributed by atoms with Gasteiger partial charge in [0.1, 0.15) is 15.9 Å². The van der Waals surface area contributed by atoms with E-state index in [1.807, 2.05) is 0 Å². The summed E-state index contributed by atoms with van der Waals surface area (Å²) in [5, 5.41) is 0. The number of amides is 1. The highest BCUT2D eigenvalue weighted by atomic mass is 32.2. The maximum Gasteiger partial charge on any atom is 0.266 e. The molecule has 1 aliphatic carbocycles. The Morgan fingerprint density at radius 1 is 1.30 bits per heavy atom. The number of aromatic nitrogens is 2. The monoisotopic (exact) mass is 309 g/mol. The van der Waals surface area contributed by atoms with Crippen molar-refractivity contribution in [2.24, 2.45) is 0 Å². The Kier molecular flexibility index (Phi) is 3.27. The molecule has 3 rings (SSSR count). The van der Waals surface area contributed by atoms with Crippen molar-refractivity contribution < 1.29 is 13.2 Å². The van der Waals surface area contributed by atoms with Crippen molar-refractivity contribution in [2.75, 3.05) is 0 Å². The van der Waals surface area contributed by atoms with Gasteiger partial charge in [-0.25, -0.2) is 13.1 Å². The lowest BCUT2D eigenvalue weighted by Gasteiger charge is -2.07. The summed E-state index contributed by atoms with van der Waals surface area (Å²) in [4.78, 5) is 11.9. The van der Waals surface area contributed by atoms with E-state index in [0.717, 1.165) is 24.6 Å². The molecule has 1 N–H and O–H groups in total. The number of rotatable bonds is 3. The average Bonchev–Trinajstić information content (AvgIpc) is 3.08. The van der Waals surface area contributed by atoms with Gasteiger partial charge in [0.05, 0.1) is 11.7 Å². The molecule has 0 unspecified atom stereocenters.